The Morgan fingerprint density at radius 2 is 1.95 bits per heavy atom. The van der Waals surface area contributed by atoms with Crippen molar-refractivity contribution in [1.82, 2.24) is 10.4 Å². The SMILES string of the molecule is CCc1cnccc1C(Cc1c(Cl)cccc1Cl)NN. The molecule has 0 amide bonds. The van der Waals surface area contributed by atoms with Crippen LogP contribution in [0.4, 0.5) is 0 Å². The van der Waals surface area contributed by atoms with Gasteiger partial charge in [0.2, 0.25) is 0 Å². The number of nitrogens with two attached hydrogens (primary N) is 1. The summed E-state index contributed by atoms with van der Waals surface area (Å²) in [4.78, 5) is 4.15. The van der Waals surface area contributed by atoms with Crippen LogP contribution >= 0.6 is 23.2 Å². The Kier molecular flexibility index (Phi) is 5.38. The monoisotopic (exact) mass is 309 g/mol. The maximum Gasteiger partial charge on any atom is 0.0505 e. The maximum absolute atomic E-state index is 6.23. The predicted octanol–water partition coefficient (Wildman–Crippen LogP) is 3.70. The Bertz CT molecular complexity index is 567. The van der Waals surface area contributed by atoms with E-state index < -0.39 is 0 Å². The van der Waals surface area contributed by atoms with Gasteiger partial charge in [-0.05, 0) is 47.7 Å². The van der Waals surface area contributed by atoms with Crippen molar-refractivity contribution in [2.75, 3.05) is 0 Å². The zero-order chi connectivity index (χ0) is 14.5. The second-order valence-corrected chi connectivity index (χ2v) is 5.37. The smallest absolute Gasteiger partial charge is 0.0505 e. The summed E-state index contributed by atoms with van der Waals surface area (Å²) in [5.41, 5.74) is 6.04. The van der Waals surface area contributed by atoms with E-state index in [1.165, 1.54) is 5.56 Å². The maximum atomic E-state index is 6.23. The lowest BCUT2D eigenvalue weighted by molar-refractivity contribution is 0.547. The fourth-order valence-electron chi connectivity index (χ4n) is 2.26. The molecular formula is C15H17Cl2N3. The second-order valence-electron chi connectivity index (χ2n) is 4.55. The molecule has 0 bridgehead atoms. The molecule has 1 aromatic carbocycles. The van der Waals surface area contributed by atoms with Crippen LogP contribution in [0.25, 0.3) is 0 Å². The third kappa shape index (κ3) is 3.30. The van der Waals surface area contributed by atoms with Crippen molar-refractivity contribution in [3.63, 3.8) is 0 Å². The highest BCUT2D eigenvalue weighted by Crippen LogP contribution is 2.30. The molecule has 0 aliphatic rings. The number of benzene rings is 1. The third-order valence-electron chi connectivity index (χ3n) is 3.37. The van der Waals surface area contributed by atoms with Gasteiger partial charge in [-0.1, -0.05) is 36.2 Å². The van der Waals surface area contributed by atoms with E-state index in [9.17, 15) is 0 Å². The Labute approximate surface area is 129 Å². The van der Waals surface area contributed by atoms with Crippen molar-refractivity contribution >= 4 is 23.2 Å². The van der Waals surface area contributed by atoms with E-state index in [4.69, 9.17) is 29.0 Å². The molecule has 0 radical (unpaired) electrons. The van der Waals surface area contributed by atoms with Crippen LogP contribution < -0.4 is 11.3 Å². The number of nitrogens with one attached hydrogen (secondary N) is 1. The number of pyridine rings is 1. The lowest BCUT2D eigenvalue weighted by atomic mass is 9.95. The standard InChI is InChI=1S/C15H17Cl2N3/c1-2-10-9-19-7-6-11(10)15(20-18)8-12-13(16)4-3-5-14(12)17/h3-7,9,15,20H,2,8,18H2,1H3. The lowest BCUT2D eigenvalue weighted by Crippen LogP contribution is -2.30. The molecule has 1 unspecified atom stereocenters. The Morgan fingerprint density at radius 3 is 2.55 bits per heavy atom. The molecule has 1 heterocycles. The van der Waals surface area contributed by atoms with E-state index in [-0.39, 0.29) is 6.04 Å². The van der Waals surface area contributed by atoms with Crippen LogP contribution in [-0.4, -0.2) is 4.98 Å². The van der Waals surface area contributed by atoms with Crippen LogP contribution in [0.3, 0.4) is 0 Å². The first-order chi connectivity index (χ1) is 9.67. The molecule has 0 aliphatic heterocycles. The van der Waals surface area contributed by atoms with E-state index in [0.29, 0.717) is 16.5 Å². The van der Waals surface area contributed by atoms with Gasteiger partial charge in [-0.25, -0.2) is 0 Å². The predicted molar refractivity (Wildman–Crippen MR) is 83.8 cm³/mol. The minimum Gasteiger partial charge on any atom is -0.271 e. The molecule has 3 nitrogen and oxygen atoms in total. The zero-order valence-corrected chi connectivity index (χ0v) is 12.7. The molecule has 0 fully saturated rings. The summed E-state index contributed by atoms with van der Waals surface area (Å²) < 4.78 is 0. The van der Waals surface area contributed by atoms with E-state index in [1.807, 2.05) is 30.5 Å². The summed E-state index contributed by atoms with van der Waals surface area (Å²) in [6.45, 7) is 2.09. The highest BCUT2D eigenvalue weighted by Gasteiger charge is 2.17. The van der Waals surface area contributed by atoms with Crippen LogP contribution in [0.1, 0.15) is 29.7 Å². The van der Waals surface area contributed by atoms with E-state index in [0.717, 1.165) is 17.5 Å². The highest BCUT2D eigenvalue weighted by molar-refractivity contribution is 6.36. The van der Waals surface area contributed by atoms with Gasteiger partial charge in [0.1, 0.15) is 0 Å². The number of halogens is 2. The first-order valence-electron chi connectivity index (χ1n) is 6.49. The minimum absolute atomic E-state index is 0.0506. The van der Waals surface area contributed by atoms with Crippen LogP contribution in [0.2, 0.25) is 10.0 Å². The average molecular weight is 310 g/mol. The van der Waals surface area contributed by atoms with Gasteiger partial charge in [0.05, 0.1) is 6.04 Å². The first-order valence-corrected chi connectivity index (χ1v) is 7.24. The Morgan fingerprint density at radius 1 is 1.25 bits per heavy atom. The van der Waals surface area contributed by atoms with Gasteiger partial charge in [-0.3, -0.25) is 16.3 Å². The molecule has 0 saturated heterocycles. The number of hydrazine groups is 1. The van der Waals surface area contributed by atoms with Crippen molar-refractivity contribution < 1.29 is 0 Å². The summed E-state index contributed by atoms with van der Waals surface area (Å²) in [5, 5.41) is 1.31. The minimum atomic E-state index is -0.0506. The van der Waals surface area contributed by atoms with E-state index >= 15 is 0 Å². The van der Waals surface area contributed by atoms with Gasteiger partial charge in [-0.15, -0.1) is 0 Å². The van der Waals surface area contributed by atoms with Gasteiger partial charge >= 0.3 is 0 Å². The molecule has 0 aliphatic carbocycles. The molecule has 0 spiro atoms. The van der Waals surface area contributed by atoms with E-state index in [2.05, 4.69) is 17.3 Å². The number of hydrogen-bond acceptors (Lipinski definition) is 3. The van der Waals surface area contributed by atoms with Gasteiger partial charge in [0.25, 0.3) is 0 Å². The van der Waals surface area contributed by atoms with Crippen molar-refractivity contribution in [2.24, 2.45) is 5.84 Å². The average Bonchev–Trinajstić information content (AvgIpc) is 2.47. The summed E-state index contributed by atoms with van der Waals surface area (Å²) in [5.74, 6) is 5.72. The molecule has 106 valence electrons. The molecule has 20 heavy (non-hydrogen) atoms. The largest absolute Gasteiger partial charge is 0.271 e. The Balaban J connectivity index is 2.34. The fraction of sp³-hybridized carbons (Fsp3) is 0.267. The molecule has 1 atom stereocenters. The fourth-order valence-corrected chi connectivity index (χ4v) is 2.82. The number of aromatic nitrogens is 1. The summed E-state index contributed by atoms with van der Waals surface area (Å²) >= 11 is 12.5. The van der Waals surface area contributed by atoms with Crippen LogP contribution in [0.5, 0.6) is 0 Å². The van der Waals surface area contributed by atoms with Crippen LogP contribution in [0, 0.1) is 0 Å². The van der Waals surface area contributed by atoms with Gasteiger partial charge in [0, 0.05) is 22.4 Å². The highest BCUT2D eigenvalue weighted by atomic mass is 35.5. The molecule has 5 heteroatoms. The molecule has 2 rings (SSSR count). The quantitative estimate of drug-likeness (QED) is 0.654. The summed E-state index contributed by atoms with van der Waals surface area (Å²) in [7, 11) is 0. The molecule has 2 aromatic rings. The van der Waals surface area contributed by atoms with Crippen molar-refractivity contribution in [3.8, 4) is 0 Å². The van der Waals surface area contributed by atoms with Crippen LogP contribution in [0.15, 0.2) is 36.7 Å². The van der Waals surface area contributed by atoms with Crippen molar-refractivity contribution in [1.29, 1.82) is 0 Å². The summed E-state index contributed by atoms with van der Waals surface area (Å²) in [6, 6.07) is 7.44. The number of rotatable bonds is 5. The normalized spacial score (nSPS) is 12.4. The number of aryl methyl sites for hydroxylation is 1. The lowest BCUT2D eigenvalue weighted by Gasteiger charge is -2.20. The molecule has 0 saturated carbocycles. The number of nitrogens with zero attached hydrogens (tertiary/aromatic N) is 1. The van der Waals surface area contributed by atoms with Crippen LogP contribution in [-0.2, 0) is 12.8 Å². The van der Waals surface area contributed by atoms with E-state index in [1.54, 1.807) is 6.20 Å². The van der Waals surface area contributed by atoms with Crippen molar-refractivity contribution in [3.05, 3.63) is 63.4 Å². The third-order valence-corrected chi connectivity index (χ3v) is 4.08. The summed E-state index contributed by atoms with van der Waals surface area (Å²) in [6.07, 6.45) is 5.17. The van der Waals surface area contributed by atoms with Gasteiger partial charge in [-0.2, -0.15) is 0 Å². The van der Waals surface area contributed by atoms with Crippen molar-refractivity contribution in [2.45, 2.75) is 25.8 Å². The second kappa shape index (κ2) is 7.04. The number of hydrogen-bond donors (Lipinski definition) is 2. The van der Waals surface area contributed by atoms with Gasteiger partial charge < -0.3 is 0 Å². The molecular weight excluding hydrogens is 293 g/mol. The zero-order valence-electron chi connectivity index (χ0n) is 11.2. The topological polar surface area (TPSA) is 50.9 Å². The Hall–Kier alpha value is -1.13. The van der Waals surface area contributed by atoms with Gasteiger partial charge in [0.15, 0.2) is 0 Å². The molecule has 3 N–H and O–H groups in total. The first kappa shape index (κ1) is 15.3. The molecule has 1 aromatic heterocycles.